The third kappa shape index (κ3) is 2.96. The van der Waals surface area contributed by atoms with E-state index in [0.717, 1.165) is 33.9 Å². The number of hydrogen-bond donors (Lipinski definition) is 2. The Balaban J connectivity index is 1.74. The van der Waals surface area contributed by atoms with Crippen molar-refractivity contribution in [1.82, 2.24) is 15.4 Å². The lowest BCUT2D eigenvalue weighted by Gasteiger charge is -2.24. The smallest absolute Gasteiger partial charge is 0.141 e. The molecule has 0 atom stereocenters. The summed E-state index contributed by atoms with van der Waals surface area (Å²) in [5.41, 5.74) is 6.61. The molecule has 1 aromatic carbocycles. The van der Waals surface area contributed by atoms with Gasteiger partial charge in [-0.25, -0.2) is 9.97 Å². The summed E-state index contributed by atoms with van der Waals surface area (Å²) in [4.78, 5) is 11.3. The minimum atomic E-state index is 0.467. The van der Waals surface area contributed by atoms with Gasteiger partial charge in [-0.3, -0.25) is 10.7 Å². The maximum Gasteiger partial charge on any atom is 0.141 e. The summed E-state index contributed by atoms with van der Waals surface area (Å²) in [7, 11) is 0. The average Bonchev–Trinajstić information content (AvgIpc) is 2.86. The summed E-state index contributed by atoms with van der Waals surface area (Å²) in [6.07, 6.45) is 7.74. The van der Waals surface area contributed by atoms with Crippen LogP contribution in [0.1, 0.15) is 22.3 Å². The first-order valence-electron chi connectivity index (χ1n) is 8.30. The van der Waals surface area contributed by atoms with Gasteiger partial charge in [0.25, 0.3) is 0 Å². The van der Waals surface area contributed by atoms with E-state index >= 15 is 0 Å². The predicted octanol–water partition coefficient (Wildman–Crippen LogP) is 4.25. The van der Waals surface area contributed by atoms with Crippen molar-refractivity contribution >= 4 is 29.5 Å². The number of pyridine rings is 2. The highest BCUT2D eigenvalue weighted by Crippen LogP contribution is 2.34. The van der Waals surface area contributed by atoms with E-state index < -0.39 is 0 Å². The van der Waals surface area contributed by atoms with Gasteiger partial charge in [0.15, 0.2) is 0 Å². The van der Waals surface area contributed by atoms with Crippen molar-refractivity contribution in [2.45, 2.75) is 6.54 Å². The van der Waals surface area contributed by atoms with E-state index in [1.54, 1.807) is 12.4 Å². The van der Waals surface area contributed by atoms with Crippen molar-refractivity contribution in [3.63, 3.8) is 0 Å². The van der Waals surface area contributed by atoms with Crippen LogP contribution in [-0.4, -0.2) is 15.2 Å². The third-order valence-corrected chi connectivity index (χ3v) is 4.37. The van der Waals surface area contributed by atoms with Crippen LogP contribution in [0.2, 0.25) is 0 Å². The van der Waals surface area contributed by atoms with Crippen LogP contribution < -0.4 is 10.4 Å². The number of nitrogens with one attached hydrogen (secondary N) is 1. The summed E-state index contributed by atoms with van der Waals surface area (Å²) >= 11 is 0. The molecular weight excluding hydrogens is 324 g/mol. The molecule has 1 aliphatic rings. The van der Waals surface area contributed by atoms with Crippen LogP contribution in [0.5, 0.6) is 0 Å². The van der Waals surface area contributed by atoms with Gasteiger partial charge in [-0.2, -0.15) is 0 Å². The third-order valence-electron chi connectivity index (χ3n) is 4.37. The number of anilines is 2. The first-order valence-corrected chi connectivity index (χ1v) is 8.30. The molecule has 1 aliphatic heterocycles. The normalized spacial score (nSPS) is 12.1. The molecule has 0 spiro atoms. The Labute approximate surface area is 151 Å². The number of benzene rings is 1. The van der Waals surface area contributed by atoms with E-state index in [1.165, 1.54) is 0 Å². The monoisotopic (exact) mass is 342 g/mol. The van der Waals surface area contributed by atoms with E-state index in [4.69, 9.17) is 5.21 Å². The molecule has 5 nitrogen and oxygen atoms in total. The van der Waals surface area contributed by atoms with Gasteiger partial charge in [0, 0.05) is 23.5 Å². The maximum atomic E-state index is 8.99. The summed E-state index contributed by atoms with van der Waals surface area (Å²) < 4.78 is 0. The minimum absolute atomic E-state index is 0.467. The summed E-state index contributed by atoms with van der Waals surface area (Å²) in [5.74, 6) is 1.76. The highest BCUT2D eigenvalue weighted by atomic mass is 16.5. The molecule has 0 bridgehead atoms. The molecule has 0 saturated carbocycles. The Morgan fingerprint density at radius 2 is 1.50 bits per heavy atom. The Hall–Kier alpha value is -3.44. The second-order valence-electron chi connectivity index (χ2n) is 6.04. The molecule has 4 rings (SSSR count). The maximum absolute atomic E-state index is 8.99. The standard InChI is InChI=1S/C21H18N4O/c1-15(24-26)17-8-6-16(7-9-17)14-25-20-18(4-2-12-22-20)10-11-19-5-3-13-23-21(19)25/h2-13,24,26H,1,14H2. The summed E-state index contributed by atoms with van der Waals surface area (Å²) in [6.45, 7) is 4.39. The Morgan fingerprint density at radius 3 is 2.04 bits per heavy atom. The van der Waals surface area contributed by atoms with Gasteiger partial charge >= 0.3 is 0 Å². The van der Waals surface area contributed by atoms with Gasteiger partial charge in [0.05, 0.1) is 12.2 Å². The van der Waals surface area contributed by atoms with Crippen molar-refractivity contribution in [3.05, 3.63) is 89.8 Å². The molecule has 5 heteroatoms. The number of rotatable bonds is 4. The first-order chi connectivity index (χ1) is 12.8. The van der Waals surface area contributed by atoms with Crippen molar-refractivity contribution in [3.8, 4) is 0 Å². The molecule has 0 amide bonds. The summed E-state index contributed by atoms with van der Waals surface area (Å²) in [5, 5.41) is 8.99. The van der Waals surface area contributed by atoms with Gasteiger partial charge < -0.3 is 4.90 Å². The molecule has 0 radical (unpaired) electrons. The zero-order valence-corrected chi connectivity index (χ0v) is 14.1. The van der Waals surface area contributed by atoms with Crippen molar-refractivity contribution < 1.29 is 5.21 Å². The molecule has 0 aliphatic carbocycles. The Bertz CT molecular complexity index is 930. The molecule has 0 saturated heterocycles. The van der Waals surface area contributed by atoms with Crippen LogP contribution in [-0.2, 0) is 6.54 Å². The number of hydroxylamine groups is 1. The van der Waals surface area contributed by atoms with E-state index in [2.05, 4.69) is 51.2 Å². The molecule has 3 aromatic rings. The lowest BCUT2D eigenvalue weighted by atomic mass is 10.1. The second-order valence-corrected chi connectivity index (χ2v) is 6.04. The minimum Gasteiger partial charge on any atom is -0.306 e. The van der Waals surface area contributed by atoms with Crippen LogP contribution in [0.4, 0.5) is 11.6 Å². The fraction of sp³-hybridized carbons (Fsp3) is 0.0476. The molecule has 128 valence electrons. The lowest BCUT2D eigenvalue weighted by molar-refractivity contribution is 0.225. The van der Waals surface area contributed by atoms with Gasteiger partial charge in [-0.15, -0.1) is 0 Å². The van der Waals surface area contributed by atoms with Gasteiger partial charge in [0.2, 0.25) is 0 Å². The fourth-order valence-electron chi connectivity index (χ4n) is 3.02. The predicted molar refractivity (Wildman–Crippen MR) is 104 cm³/mol. The van der Waals surface area contributed by atoms with E-state index in [0.29, 0.717) is 12.2 Å². The number of nitrogens with zero attached hydrogens (tertiary/aromatic N) is 3. The fourth-order valence-corrected chi connectivity index (χ4v) is 3.02. The first kappa shape index (κ1) is 16.1. The van der Waals surface area contributed by atoms with Gasteiger partial charge in [0.1, 0.15) is 11.6 Å². The second kappa shape index (κ2) is 6.82. The zero-order valence-electron chi connectivity index (χ0n) is 14.1. The van der Waals surface area contributed by atoms with Crippen LogP contribution in [0.3, 0.4) is 0 Å². The van der Waals surface area contributed by atoms with E-state index in [1.807, 2.05) is 36.4 Å². The molecule has 2 N–H and O–H groups in total. The van der Waals surface area contributed by atoms with Crippen molar-refractivity contribution in [2.75, 3.05) is 4.90 Å². The Morgan fingerprint density at radius 1 is 0.923 bits per heavy atom. The summed E-state index contributed by atoms with van der Waals surface area (Å²) in [6, 6.07) is 15.9. The molecule has 2 aromatic heterocycles. The number of hydrogen-bond acceptors (Lipinski definition) is 5. The average molecular weight is 342 g/mol. The molecule has 0 fully saturated rings. The topological polar surface area (TPSA) is 61.3 Å². The highest BCUT2D eigenvalue weighted by Gasteiger charge is 2.20. The lowest BCUT2D eigenvalue weighted by Crippen LogP contribution is -2.20. The van der Waals surface area contributed by atoms with E-state index in [9.17, 15) is 0 Å². The molecule has 0 unspecified atom stereocenters. The Kier molecular flexibility index (Phi) is 4.21. The van der Waals surface area contributed by atoms with Crippen molar-refractivity contribution in [2.24, 2.45) is 0 Å². The van der Waals surface area contributed by atoms with Crippen LogP contribution in [0.15, 0.2) is 67.5 Å². The highest BCUT2D eigenvalue weighted by molar-refractivity contribution is 5.85. The van der Waals surface area contributed by atoms with Crippen molar-refractivity contribution in [1.29, 1.82) is 0 Å². The van der Waals surface area contributed by atoms with Crippen LogP contribution in [0.25, 0.3) is 17.8 Å². The SMILES string of the molecule is C=C(NO)c1ccc(CN2c3ncccc3C=Cc3cccnc32)cc1. The molecule has 26 heavy (non-hydrogen) atoms. The van der Waals surface area contributed by atoms with Crippen LogP contribution >= 0.6 is 0 Å². The van der Waals surface area contributed by atoms with Crippen LogP contribution in [0, 0.1) is 0 Å². The number of aromatic nitrogens is 2. The number of fused-ring (bicyclic) bond motifs is 2. The van der Waals surface area contributed by atoms with E-state index in [-0.39, 0.29) is 0 Å². The quantitative estimate of drug-likeness (QED) is 0.694. The van der Waals surface area contributed by atoms with Gasteiger partial charge in [-0.1, -0.05) is 43.0 Å². The molecular formula is C21H18N4O. The largest absolute Gasteiger partial charge is 0.306 e. The zero-order chi connectivity index (χ0) is 17.9. The van der Waals surface area contributed by atoms with Gasteiger partial charge in [-0.05, 0) is 35.4 Å². The molecule has 3 heterocycles.